The Bertz CT molecular complexity index is 1240. The van der Waals surface area contributed by atoms with Crippen molar-refractivity contribution in [2.24, 2.45) is 0 Å². The Morgan fingerprint density at radius 3 is 2.61 bits per heavy atom. The molecule has 0 radical (unpaired) electrons. The van der Waals surface area contributed by atoms with Crippen molar-refractivity contribution in [3.63, 3.8) is 0 Å². The molecule has 0 amide bonds. The van der Waals surface area contributed by atoms with E-state index >= 15 is 0 Å². The van der Waals surface area contributed by atoms with Crippen molar-refractivity contribution < 1.29 is 18.4 Å². The van der Waals surface area contributed by atoms with Crippen molar-refractivity contribution in [1.82, 2.24) is 24.9 Å². The van der Waals surface area contributed by atoms with Crippen LogP contribution in [0.2, 0.25) is 0 Å². The highest BCUT2D eigenvalue weighted by atomic mass is 32.2. The molecule has 2 heterocycles. The molecule has 8 nitrogen and oxygen atoms in total. The lowest BCUT2D eigenvalue weighted by Gasteiger charge is -2.13. The standard InChI is InChI=1S/C23H22FN5O3S/c1-14(22-25-21(28-32-22)15-7-8-15)33-23-27-26-20(29(23)19-6-4-3-5-18(19)24)13-31-17-11-9-16(30-2)10-12-17/h3-6,9-12,14-15H,7-8,13H2,1-2H3. The summed E-state index contributed by atoms with van der Waals surface area (Å²) in [5, 5.41) is 13.0. The Balaban J connectivity index is 1.40. The van der Waals surface area contributed by atoms with Gasteiger partial charge < -0.3 is 14.0 Å². The molecule has 2 aromatic heterocycles. The van der Waals surface area contributed by atoms with Gasteiger partial charge in [0.2, 0.25) is 5.89 Å². The van der Waals surface area contributed by atoms with Crippen LogP contribution in [-0.4, -0.2) is 32.0 Å². The largest absolute Gasteiger partial charge is 0.497 e. The Morgan fingerprint density at radius 1 is 1.12 bits per heavy atom. The van der Waals surface area contributed by atoms with Gasteiger partial charge in [-0.05, 0) is 56.2 Å². The minimum Gasteiger partial charge on any atom is -0.497 e. The first-order valence-electron chi connectivity index (χ1n) is 10.6. The molecule has 1 fully saturated rings. The van der Waals surface area contributed by atoms with Crippen LogP contribution in [-0.2, 0) is 6.61 Å². The van der Waals surface area contributed by atoms with Crippen molar-refractivity contribution in [2.45, 2.75) is 42.7 Å². The van der Waals surface area contributed by atoms with Gasteiger partial charge in [0, 0.05) is 5.92 Å². The number of aromatic nitrogens is 5. The van der Waals surface area contributed by atoms with E-state index in [9.17, 15) is 4.39 Å². The fraction of sp³-hybridized carbons (Fsp3) is 0.304. The van der Waals surface area contributed by atoms with Crippen molar-refractivity contribution >= 4 is 11.8 Å². The number of rotatable bonds is 9. The van der Waals surface area contributed by atoms with E-state index in [2.05, 4.69) is 20.3 Å². The van der Waals surface area contributed by atoms with Gasteiger partial charge in [-0.25, -0.2) is 4.39 Å². The van der Waals surface area contributed by atoms with Gasteiger partial charge in [0.1, 0.15) is 23.9 Å². The molecule has 1 aliphatic rings. The van der Waals surface area contributed by atoms with Crippen LogP contribution < -0.4 is 9.47 Å². The van der Waals surface area contributed by atoms with E-state index in [0.29, 0.717) is 34.2 Å². The highest BCUT2D eigenvalue weighted by molar-refractivity contribution is 7.99. The van der Waals surface area contributed by atoms with Gasteiger partial charge in [-0.15, -0.1) is 10.2 Å². The topological polar surface area (TPSA) is 88.1 Å². The summed E-state index contributed by atoms with van der Waals surface area (Å²) in [5.41, 5.74) is 0.342. The third-order valence-electron chi connectivity index (χ3n) is 5.25. The zero-order chi connectivity index (χ0) is 22.8. The van der Waals surface area contributed by atoms with Crippen LogP contribution in [0.25, 0.3) is 5.69 Å². The number of methoxy groups -OCH3 is 1. The molecule has 0 bridgehead atoms. The molecule has 2 aromatic carbocycles. The SMILES string of the molecule is COc1ccc(OCc2nnc(SC(C)c3nc(C4CC4)no3)n2-c2ccccc2F)cc1. The summed E-state index contributed by atoms with van der Waals surface area (Å²) in [6.45, 7) is 2.05. The third kappa shape index (κ3) is 4.70. The number of halogens is 1. The first-order chi connectivity index (χ1) is 16.1. The number of para-hydroxylation sites is 1. The molecule has 0 spiro atoms. The highest BCUT2D eigenvalue weighted by Gasteiger charge is 2.30. The van der Waals surface area contributed by atoms with E-state index in [1.165, 1.54) is 17.8 Å². The summed E-state index contributed by atoms with van der Waals surface area (Å²) in [5.74, 6) is 3.13. The monoisotopic (exact) mass is 467 g/mol. The predicted octanol–water partition coefficient (Wildman–Crippen LogP) is 5.11. The molecule has 10 heteroatoms. The molecule has 33 heavy (non-hydrogen) atoms. The Morgan fingerprint density at radius 2 is 1.88 bits per heavy atom. The lowest BCUT2D eigenvalue weighted by atomic mass is 10.3. The molecule has 0 aliphatic heterocycles. The van der Waals surface area contributed by atoms with Crippen LogP contribution in [0.5, 0.6) is 11.5 Å². The second-order valence-corrected chi connectivity index (χ2v) is 8.98. The quantitative estimate of drug-likeness (QED) is 0.314. The molecule has 5 rings (SSSR count). The third-order valence-corrected chi connectivity index (χ3v) is 6.28. The summed E-state index contributed by atoms with van der Waals surface area (Å²) >= 11 is 1.37. The molecule has 170 valence electrons. The molecule has 1 atom stereocenters. The van der Waals surface area contributed by atoms with Gasteiger partial charge in [0.05, 0.1) is 18.0 Å². The van der Waals surface area contributed by atoms with Crippen molar-refractivity contribution in [1.29, 1.82) is 0 Å². The van der Waals surface area contributed by atoms with Crippen molar-refractivity contribution in [3.05, 3.63) is 71.9 Å². The van der Waals surface area contributed by atoms with Gasteiger partial charge in [0.25, 0.3) is 0 Å². The molecule has 1 saturated carbocycles. The minimum atomic E-state index is -0.383. The second-order valence-electron chi connectivity index (χ2n) is 7.67. The normalized spacial score (nSPS) is 14.3. The van der Waals surface area contributed by atoms with Gasteiger partial charge in [-0.3, -0.25) is 4.57 Å². The Labute approximate surface area is 194 Å². The number of nitrogens with zero attached hydrogens (tertiary/aromatic N) is 5. The van der Waals surface area contributed by atoms with Crippen molar-refractivity contribution in [2.75, 3.05) is 7.11 Å². The molecule has 1 aliphatic carbocycles. The maximum absolute atomic E-state index is 14.7. The summed E-state index contributed by atoms with van der Waals surface area (Å²) < 4.78 is 32.9. The summed E-state index contributed by atoms with van der Waals surface area (Å²) in [6.07, 6.45) is 2.19. The molecular weight excluding hydrogens is 445 g/mol. The van der Waals surface area contributed by atoms with Crippen LogP contribution in [0.3, 0.4) is 0 Å². The van der Waals surface area contributed by atoms with E-state index < -0.39 is 0 Å². The highest BCUT2D eigenvalue weighted by Crippen LogP contribution is 2.40. The molecule has 0 saturated heterocycles. The molecule has 0 N–H and O–H groups in total. The number of ether oxygens (including phenoxy) is 2. The van der Waals surface area contributed by atoms with Crippen LogP contribution in [0.4, 0.5) is 4.39 Å². The smallest absolute Gasteiger partial charge is 0.239 e. The van der Waals surface area contributed by atoms with E-state index in [-0.39, 0.29) is 17.7 Å². The number of hydrogen-bond donors (Lipinski definition) is 0. The minimum absolute atomic E-state index is 0.106. The maximum atomic E-state index is 14.7. The maximum Gasteiger partial charge on any atom is 0.239 e. The second kappa shape index (κ2) is 9.22. The van der Waals surface area contributed by atoms with E-state index in [0.717, 1.165) is 24.4 Å². The van der Waals surface area contributed by atoms with Crippen LogP contribution >= 0.6 is 11.8 Å². The van der Waals surface area contributed by atoms with Crippen LogP contribution in [0.15, 0.2) is 58.2 Å². The summed E-state index contributed by atoms with van der Waals surface area (Å²) in [6, 6.07) is 13.7. The lowest BCUT2D eigenvalue weighted by molar-refractivity contribution is 0.292. The zero-order valence-electron chi connectivity index (χ0n) is 18.1. The first-order valence-corrected chi connectivity index (χ1v) is 11.5. The van der Waals surface area contributed by atoms with Gasteiger partial charge in [-0.2, -0.15) is 4.98 Å². The Kier molecular flexibility index (Phi) is 5.99. The number of thioether (sulfide) groups is 1. The summed E-state index contributed by atoms with van der Waals surface area (Å²) in [7, 11) is 1.61. The summed E-state index contributed by atoms with van der Waals surface area (Å²) in [4.78, 5) is 4.52. The fourth-order valence-corrected chi connectivity index (χ4v) is 4.20. The van der Waals surface area contributed by atoms with Crippen LogP contribution in [0.1, 0.15) is 48.5 Å². The van der Waals surface area contributed by atoms with E-state index in [1.54, 1.807) is 54.1 Å². The van der Waals surface area contributed by atoms with Gasteiger partial charge in [-0.1, -0.05) is 29.1 Å². The Hall–Kier alpha value is -3.40. The number of benzene rings is 2. The first kappa shape index (κ1) is 21.4. The van der Waals surface area contributed by atoms with Crippen LogP contribution in [0, 0.1) is 5.82 Å². The molecule has 4 aromatic rings. The van der Waals surface area contributed by atoms with E-state index in [1.807, 2.05) is 6.92 Å². The number of hydrogen-bond acceptors (Lipinski definition) is 8. The predicted molar refractivity (Wildman–Crippen MR) is 119 cm³/mol. The van der Waals surface area contributed by atoms with Crippen molar-refractivity contribution in [3.8, 4) is 17.2 Å². The molecule has 1 unspecified atom stereocenters. The zero-order valence-corrected chi connectivity index (χ0v) is 19.0. The average molecular weight is 468 g/mol. The molecular formula is C23H22FN5O3S. The lowest BCUT2D eigenvalue weighted by Crippen LogP contribution is -2.08. The van der Waals surface area contributed by atoms with E-state index in [4.69, 9.17) is 14.0 Å². The fourth-order valence-electron chi connectivity index (χ4n) is 3.29. The van der Waals surface area contributed by atoms with Gasteiger partial charge >= 0.3 is 0 Å². The average Bonchev–Trinajstić information content (AvgIpc) is 3.43. The van der Waals surface area contributed by atoms with Gasteiger partial charge in [0.15, 0.2) is 16.8 Å².